The number of ether oxygens (including phenoxy) is 1. The van der Waals surface area contributed by atoms with Crippen molar-refractivity contribution in [3.63, 3.8) is 0 Å². The fourth-order valence-electron chi connectivity index (χ4n) is 10.00. The second kappa shape index (κ2) is 13.8. The Balaban J connectivity index is 0.872. The number of nitrogens with zero attached hydrogens (tertiary/aromatic N) is 3. The minimum Gasteiger partial charge on any atom is -0.457 e. The molecule has 2 aliphatic rings. The molecule has 63 heavy (non-hydrogen) atoms. The van der Waals surface area contributed by atoms with Gasteiger partial charge in [0.1, 0.15) is 22.7 Å². The quantitative estimate of drug-likeness (QED) is 0.173. The highest BCUT2D eigenvalue weighted by Gasteiger charge is 2.50. The molecule has 0 saturated heterocycles. The van der Waals surface area contributed by atoms with Crippen LogP contribution in [0.3, 0.4) is 0 Å². The molecule has 0 radical (unpaired) electrons. The highest BCUT2D eigenvalue weighted by Crippen LogP contribution is 2.62. The molecule has 0 saturated carbocycles. The van der Waals surface area contributed by atoms with E-state index in [0.29, 0.717) is 5.82 Å². The van der Waals surface area contributed by atoms with E-state index in [1.165, 1.54) is 22.3 Å². The summed E-state index contributed by atoms with van der Waals surface area (Å²) in [6.07, 6.45) is 1.91. The second-order valence-electron chi connectivity index (χ2n) is 16.3. The Labute approximate surface area is 363 Å². The van der Waals surface area contributed by atoms with E-state index in [9.17, 15) is 0 Å². The van der Waals surface area contributed by atoms with Crippen molar-refractivity contribution in [3.05, 3.63) is 235 Å². The minimum absolute atomic E-state index is 0.490. The van der Waals surface area contributed by atoms with Crippen molar-refractivity contribution in [1.29, 1.82) is 0 Å². The van der Waals surface area contributed by atoms with Crippen LogP contribution in [0, 0.1) is 0 Å². The Morgan fingerprint density at radius 2 is 0.984 bits per heavy atom. The van der Waals surface area contributed by atoms with Gasteiger partial charge in [-0.3, -0.25) is 4.98 Å². The maximum absolute atomic E-state index is 6.79. The zero-order valence-electron chi connectivity index (χ0n) is 33.9. The lowest BCUT2D eigenvalue weighted by atomic mass is 9.66. The van der Waals surface area contributed by atoms with Crippen LogP contribution >= 0.6 is 0 Å². The molecule has 0 unspecified atom stereocenters. The van der Waals surface area contributed by atoms with E-state index in [0.717, 1.165) is 95.0 Å². The van der Waals surface area contributed by atoms with Gasteiger partial charge >= 0.3 is 0 Å². The average Bonchev–Trinajstić information content (AvgIpc) is 3.88. The maximum Gasteiger partial charge on any atom is 0.160 e. The second-order valence-corrected chi connectivity index (χ2v) is 16.3. The van der Waals surface area contributed by atoms with Crippen LogP contribution in [0.1, 0.15) is 22.3 Å². The van der Waals surface area contributed by atoms with Crippen LogP contribution in [-0.4, -0.2) is 15.0 Å². The molecular weight excluding hydrogens is 771 g/mol. The van der Waals surface area contributed by atoms with Gasteiger partial charge in [0, 0.05) is 50.4 Å². The van der Waals surface area contributed by atoms with Crippen LogP contribution in [0.15, 0.2) is 217 Å². The van der Waals surface area contributed by atoms with Crippen LogP contribution in [0.4, 0.5) is 0 Å². The normalized spacial score (nSPS) is 13.0. The molecule has 5 nitrogen and oxygen atoms in total. The van der Waals surface area contributed by atoms with E-state index < -0.39 is 5.41 Å². The molecule has 13 rings (SSSR count). The lowest BCUT2D eigenvalue weighted by molar-refractivity contribution is 0.436. The summed E-state index contributed by atoms with van der Waals surface area (Å²) >= 11 is 0. The van der Waals surface area contributed by atoms with Gasteiger partial charge in [-0.1, -0.05) is 176 Å². The van der Waals surface area contributed by atoms with E-state index in [4.69, 9.17) is 24.1 Å². The summed E-state index contributed by atoms with van der Waals surface area (Å²) in [5.74, 6) is 2.36. The van der Waals surface area contributed by atoms with Crippen molar-refractivity contribution in [2.75, 3.05) is 0 Å². The first-order valence-corrected chi connectivity index (χ1v) is 21.2. The monoisotopic (exact) mass is 805 g/mol. The molecular formula is C58H35N3O2. The Morgan fingerprint density at radius 3 is 1.78 bits per heavy atom. The molecule has 8 aromatic carbocycles. The summed E-state index contributed by atoms with van der Waals surface area (Å²) in [4.78, 5) is 15.2. The van der Waals surface area contributed by atoms with Crippen molar-refractivity contribution in [3.8, 4) is 78.9 Å². The number of aromatic nitrogens is 3. The van der Waals surface area contributed by atoms with Gasteiger partial charge in [-0.15, -0.1) is 0 Å². The van der Waals surface area contributed by atoms with Crippen molar-refractivity contribution in [2.45, 2.75) is 5.41 Å². The molecule has 0 bridgehead atoms. The van der Waals surface area contributed by atoms with E-state index in [-0.39, 0.29) is 0 Å². The molecule has 5 heteroatoms. The van der Waals surface area contributed by atoms with Gasteiger partial charge in [0.25, 0.3) is 0 Å². The first kappa shape index (κ1) is 35.4. The lowest BCUT2D eigenvalue weighted by Crippen LogP contribution is -2.32. The molecule has 0 N–H and O–H groups in total. The predicted octanol–water partition coefficient (Wildman–Crippen LogP) is 14.6. The number of hydrogen-bond donors (Lipinski definition) is 0. The SMILES string of the molecule is c1ccc(-c2cc(-c3ccc(-c4cccc5c4oc4ccccc45)cn3)nc(-c3ccc(-c4ccc5c(c4)Oc4ccccc4C54c5ccccc5-c5ccccc54)cc3)n2)cc1. The summed E-state index contributed by atoms with van der Waals surface area (Å²) < 4.78 is 13.1. The summed E-state index contributed by atoms with van der Waals surface area (Å²) in [6, 6.07) is 72.1. The molecule has 1 spiro atoms. The molecule has 1 aliphatic heterocycles. The largest absolute Gasteiger partial charge is 0.457 e. The number of furan rings is 1. The van der Waals surface area contributed by atoms with Crippen molar-refractivity contribution >= 4 is 21.9 Å². The topological polar surface area (TPSA) is 61.0 Å². The first-order chi connectivity index (χ1) is 31.2. The highest BCUT2D eigenvalue weighted by molar-refractivity contribution is 6.09. The zero-order valence-corrected chi connectivity index (χ0v) is 33.9. The number of pyridine rings is 1. The van der Waals surface area contributed by atoms with Crippen LogP contribution in [0.5, 0.6) is 11.5 Å². The third-order valence-electron chi connectivity index (χ3n) is 12.9. The Bertz CT molecular complexity index is 3550. The van der Waals surface area contributed by atoms with E-state index in [1.54, 1.807) is 0 Å². The smallest absolute Gasteiger partial charge is 0.160 e. The maximum atomic E-state index is 6.79. The number of hydrogen-bond acceptors (Lipinski definition) is 5. The summed E-state index contributed by atoms with van der Waals surface area (Å²) in [5.41, 5.74) is 17.0. The fraction of sp³-hybridized carbons (Fsp3) is 0.0172. The van der Waals surface area contributed by atoms with Crippen molar-refractivity contribution in [1.82, 2.24) is 15.0 Å². The van der Waals surface area contributed by atoms with Crippen LogP contribution < -0.4 is 4.74 Å². The lowest BCUT2D eigenvalue weighted by Gasteiger charge is -2.39. The van der Waals surface area contributed by atoms with E-state index in [1.807, 2.05) is 54.7 Å². The molecule has 294 valence electrons. The Kier molecular flexibility index (Phi) is 7.75. The van der Waals surface area contributed by atoms with Gasteiger partial charge in [-0.25, -0.2) is 9.97 Å². The van der Waals surface area contributed by atoms with Crippen molar-refractivity contribution in [2.24, 2.45) is 0 Å². The highest BCUT2D eigenvalue weighted by atomic mass is 16.5. The summed E-state index contributed by atoms with van der Waals surface area (Å²) in [6.45, 7) is 0. The molecule has 11 aromatic rings. The standard InChI is InChI=1S/C58H35N3O2/c1-2-13-37(14-3-1)51-34-52(50-32-30-40(35-59-50)41-18-12-19-45-44-17-6-10-23-53(44)63-56(41)45)61-57(60-51)38-27-25-36(26-28-38)39-29-31-49-55(33-39)62-54-24-11-9-22-48(54)58(49)46-20-7-4-15-42(46)43-16-5-8-21-47(43)58/h1-35H. The molecule has 4 heterocycles. The van der Waals surface area contributed by atoms with Crippen LogP contribution in [-0.2, 0) is 5.41 Å². The Hall–Kier alpha value is -8.41. The molecule has 0 amide bonds. The van der Waals surface area contributed by atoms with Gasteiger partial charge < -0.3 is 9.15 Å². The van der Waals surface area contributed by atoms with E-state index >= 15 is 0 Å². The first-order valence-electron chi connectivity index (χ1n) is 21.2. The van der Waals surface area contributed by atoms with Crippen molar-refractivity contribution < 1.29 is 9.15 Å². The minimum atomic E-state index is -0.490. The fourth-order valence-corrected chi connectivity index (χ4v) is 10.00. The molecule has 0 atom stereocenters. The van der Waals surface area contributed by atoms with Crippen LogP contribution in [0.25, 0.3) is 89.4 Å². The number of para-hydroxylation sites is 3. The average molecular weight is 806 g/mol. The number of fused-ring (bicyclic) bond motifs is 12. The molecule has 1 aliphatic carbocycles. The van der Waals surface area contributed by atoms with Gasteiger partial charge in [0.15, 0.2) is 5.82 Å². The van der Waals surface area contributed by atoms with Gasteiger partial charge in [0.2, 0.25) is 0 Å². The van der Waals surface area contributed by atoms with Gasteiger partial charge in [-0.05, 0) is 63.7 Å². The molecule has 0 fully saturated rings. The van der Waals surface area contributed by atoms with Crippen LogP contribution in [0.2, 0.25) is 0 Å². The molecule has 3 aromatic heterocycles. The zero-order chi connectivity index (χ0) is 41.5. The number of rotatable bonds is 5. The third-order valence-corrected chi connectivity index (χ3v) is 12.9. The van der Waals surface area contributed by atoms with Gasteiger partial charge in [0.05, 0.1) is 22.5 Å². The Morgan fingerprint density at radius 1 is 0.365 bits per heavy atom. The summed E-state index contributed by atoms with van der Waals surface area (Å²) in [5, 5.41) is 2.19. The predicted molar refractivity (Wildman–Crippen MR) is 252 cm³/mol. The van der Waals surface area contributed by atoms with Gasteiger partial charge in [-0.2, -0.15) is 0 Å². The summed E-state index contributed by atoms with van der Waals surface area (Å²) in [7, 11) is 0. The van der Waals surface area contributed by atoms with E-state index in [2.05, 4.69) is 158 Å². The third kappa shape index (κ3) is 5.40. The number of benzene rings is 8.